The normalized spacial score (nSPS) is 35.2. The van der Waals surface area contributed by atoms with E-state index in [4.69, 9.17) is 4.42 Å². The minimum atomic E-state index is 0.565. The molecule has 90 valence electrons. The van der Waals surface area contributed by atoms with Gasteiger partial charge in [0.15, 0.2) is 0 Å². The fourth-order valence-electron chi connectivity index (χ4n) is 2.69. The second kappa shape index (κ2) is 5.23. The molecule has 1 saturated carbocycles. The number of thioether (sulfide) groups is 1. The molecule has 4 atom stereocenters. The van der Waals surface area contributed by atoms with Crippen molar-refractivity contribution in [3.63, 3.8) is 0 Å². The Morgan fingerprint density at radius 2 is 2.25 bits per heavy atom. The second-order valence-electron chi connectivity index (χ2n) is 4.83. The Bertz CT molecular complexity index is 315. The van der Waals surface area contributed by atoms with Crippen molar-refractivity contribution in [2.24, 2.45) is 11.8 Å². The molecule has 1 aliphatic rings. The first-order valence-electron chi connectivity index (χ1n) is 5.94. The summed E-state index contributed by atoms with van der Waals surface area (Å²) >= 11 is 1.77. The largest absolute Gasteiger partial charge is 0.440 e. The van der Waals surface area contributed by atoms with Gasteiger partial charge in [0.1, 0.15) is 6.26 Å². The molecule has 0 amide bonds. The zero-order valence-electron chi connectivity index (χ0n) is 10.1. The number of nitrogens with zero attached hydrogens (tertiary/aromatic N) is 1. The van der Waals surface area contributed by atoms with Crippen LogP contribution in [0.3, 0.4) is 0 Å². The lowest BCUT2D eigenvalue weighted by Gasteiger charge is -2.38. The Labute approximate surface area is 101 Å². The van der Waals surface area contributed by atoms with Gasteiger partial charge in [0.05, 0.1) is 6.20 Å². The number of rotatable bonds is 3. The highest BCUT2D eigenvalue weighted by Crippen LogP contribution is 2.38. The average molecular weight is 240 g/mol. The molecule has 4 heteroatoms. The van der Waals surface area contributed by atoms with Crippen LogP contribution in [0.4, 0.5) is 0 Å². The van der Waals surface area contributed by atoms with Gasteiger partial charge in [-0.2, -0.15) is 0 Å². The molecule has 0 saturated heterocycles. The molecule has 1 aliphatic carbocycles. The summed E-state index contributed by atoms with van der Waals surface area (Å²) in [5.74, 6) is 1.52. The van der Waals surface area contributed by atoms with Crippen molar-refractivity contribution in [1.82, 2.24) is 10.3 Å². The molecule has 0 bridgehead atoms. The van der Waals surface area contributed by atoms with Gasteiger partial charge < -0.3 is 9.73 Å². The summed E-state index contributed by atoms with van der Waals surface area (Å²) in [4.78, 5) is 4.20. The molecule has 0 spiro atoms. The van der Waals surface area contributed by atoms with Gasteiger partial charge in [-0.1, -0.05) is 25.6 Å². The van der Waals surface area contributed by atoms with Gasteiger partial charge in [-0.05, 0) is 31.7 Å². The number of hydrogen-bond donors (Lipinski definition) is 1. The van der Waals surface area contributed by atoms with Crippen LogP contribution >= 0.6 is 11.8 Å². The van der Waals surface area contributed by atoms with Crippen molar-refractivity contribution >= 4 is 11.8 Å². The zero-order valence-corrected chi connectivity index (χ0v) is 11.0. The van der Waals surface area contributed by atoms with Crippen LogP contribution in [0.1, 0.15) is 26.7 Å². The molecule has 1 N–H and O–H groups in total. The van der Waals surface area contributed by atoms with Crippen molar-refractivity contribution in [1.29, 1.82) is 0 Å². The molecule has 1 fully saturated rings. The van der Waals surface area contributed by atoms with E-state index in [2.05, 4.69) is 31.2 Å². The minimum absolute atomic E-state index is 0.565. The highest BCUT2D eigenvalue weighted by molar-refractivity contribution is 7.99. The van der Waals surface area contributed by atoms with Crippen molar-refractivity contribution in [3.8, 4) is 0 Å². The summed E-state index contributed by atoms with van der Waals surface area (Å²) in [7, 11) is 2.05. The lowest BCUT2D eigenvalue weighted by atomic mass is 9.80. The minimum Gasteiger partial charge on any atom is -0.440 e. The monoisotopic (exact) mass is 240 g/mol. The molecule has 4 unspecified atom stereocenters. The van der Waals surface area contributed by atoms with Gasteiger partial charge in [0.2, 0.25) is 0 Å². The van der Waals surface area contributed by atoms with Crippen molar-refractivity contribution in [3.05, 3.63) is 12.5 Å². The van der Waals surface area contributed by atoms with E-state index in [-0.39, 0.29) is 0 Å². The lowest BCUT2D eigenvalue weighted by molar-refractivity contribution is 0.255. The van der Waals surface area contributed by atoms with Crippen LogP contribution in [0.2, 0.25) is 0 Å². The van der Waals surface area contributed by atoms with E-state index < -0.39 is 0 Å². The van der Waals surface area contributed by atoms with Crippen LogP contribution in [0, 0.1) is 11.8 Å². The number of nitrogens with one attached hydrogen (secondary N) is 1. The third kappa shape index (κ3) is 2.61. The Morgan fingerprint density at radius 1 is 1.44 bits per heavy atom. The van der Waals surface area contributed by atoms with Crippen LogP contribution in [0.15, 0.2) is 22.1 Å². The van der Waals surface area contributed by atoms with Gasteiger partial charge >= 0.3 is 0 Å². The Balaban J connectivity index is 2.05. The maximum Gasteiger partial charge on any atom is 0.255 e. The van der Waals surface area contributed by atoms with Gasteiger partial charge in [-0.25, -0.2) is 4.98 Å². The predicted molar refractivity (Wildman–Crippen MR) is 66.6 cm³/mol. The molecule has 1 heterocycles. The maximum absolute atomic E-state index is 5.33. The number of aromatic nitrogens is 1. The zero-order chi connectivity index (χ0) is 11.5. The van der Waals surface area contributed by atoms with Crippen molar-refractivity contribution in [2.45, 2.75) is 43.2 Å². The molecule has 0 radical (unpaired) electrons. The fourth-order valence-corrected chi connectivity index (χ4v) is 3.92. The van der Waals surface area contributed by atoms with Crippen LogP contribution in [0.5, 0.6) is 0 Å². The highest BCUT2D eigenvalue weighted by atomic mass is 32.2. The number of oxazole rings is 1. The second-order valence-corrected chi connectivity index (χ2v) is 5.96. The topological polar surface area (TPSA) is 38.1 Å². The average Bonchev–Trinajstić information content (AvgIpc) is 2.74. The van der Waals surface area contributed by atoms with E-state index in [0.717, 1.165) is 11.1 Å². The van der Waals surface area contributed by atoms with Crippen molar-refractivity contribution < 1.29 is 4.42 Å². The summed E-state index contributed by atoms with van der Waals surface area (Å²) in [5, 5.41) is 4.80. The molecule has 1 aromatic heterocycles. The first-order valence-corrected chi connectivity index (χ1v) is 6.82. The van der Waals surface area contributed by atoms with E-state index in [9.17, 15) is 0 Å². The van der Waals surface area contributed by atoms with Crippen molar-refractivity contribution in [2.75, 3.05) is 7.05 Å². The molecule has 0 aliphatic heterocycles. The van der Waals surface area contributed by atoms with Gasteiger partial charge in [0, 0.05) is 11.3 Å². The maximum atomic E-state index is 5.33. The van der Waals surface area contributed by atoms with E-state index in [1.54, 1.807) is 24.2 Å². The SMILES string of the molecule is CNC1CC(C)CC(C)C1Sc1ncco1. The third-order valence-electron chi connectivity index (χ3n) is 3.41. The van der Waals surface area contributed by atoms with Crippen LogP contribution in [-0.2, 0) is 0 Å². The molecular formula is C12H20N2OS. The summed E-state index contributed by atoms with van der Waals surface area (Å²) in [6, 6.07) is 0.565. The molecular weight excluding hydrogens is 220 g/mol. The molecule has 1 aromatic rings. The van der Waals surface area contributed by atoms with Crippen LogP contribution in [-0.4, -0.2) is 23.3 Å². The Hall–Kier alpha value is -0.480. The summed E-state index contributed by atoms with van der Waals surface area (Å²) < 4.78 is 5.33. The van der Waals surface area contributed by atoms with Crippen LogP contribution < -0.4 is 5.32 Å². The van der Waals surface area contributed by atoms with Gasteiger partial charge in [-0.15, -0.1) is 0 Å². The first kappa shape index (κ1) is 12.0. The molecule has 0 aromatic carbocycles. The molecule has 3 nitrogen and oxygen atoms in total. The molecule has 16 heavy (non-hydrogen) atoms. The predicted octanol–water partition coefficient (Wildman–Crippen LogP) is 2.79. The van der Waals surface area contributed by atoms with E-state index in [0.29, 0.717) is 17.2 Å². The van der Waals surface area contributed by atoms with Gasteiger partial charge in [-0.3, -0.25) is 0 Å². The standard InChI is InChI=1S/C12H20N2OS/c1-8-6-9(2)11(10(7-8)13-3)16-12-14-4-5-15-12/h4-5,8-11,13H,6-7H2,1-3H3. The summed E-state index contributed by atoms with van der Waals surface area (Å²) in [6.45, 7) is 4.67. The summed E-state index contributed by atoms with van der Waals surface area (Å²) in [6.07, 6.45) is 5.91. The fraction of sp³-hybridized carbons (Fsp3) is 0.750. The Morgan fingerprint density at radius 3 is 2.88 bits per heavy atom. The quantitative estimate of drug-likeness (QED) is 0.881. The van der Waals surface area contributed by atoms with E-state index in [1.165, 1.54) is 12.8 Å². The smallest absolute Gasteiger partial charge is 0.255 e. The van der Waals surface area contributed by atoms with E-state index >= 15 is 0 Å². The van der Waals surface area contributed by atoms with Gasteiger partial charge in [0.25, 0.3) is 5.22 Å². The molecule has 2 rings (SSSR count). The van der Waals surface area contributed by atoms with E-state index in [1.807, 2.05) is 0 Å². The third-order valence-corrected chi connectivity index (χ3v) is 4.87. The van der Waals surface area contributed by atoms with Crippen LogP contribution in [0.25, 0.3) is 0 Å². The highest BCUT2D eigenvalue weighted by Gasteiger charge is 2.34. The first-order chi connectivity index (χ1) is 7.70. The Kier molecular flexibility index (Phi) is 3.92. The number of hydrogen-bond acceptors (Lipinski definition) is 4. The summed E-state index contributed by atoms with van der Waals surface area (Å²) in [5.41, 5.74) is 0. The lowest BCUT2D eigenvalue weighted by Crippen LogP contribution is -2.44.